The lowest BCUT2D eigenvalue weighted by molar-refractivity contribution is 0.0170. The number of hydrogen-bond donors (Lipinski definition) is 1. The van der Waals surface area contributed by atoms with Gasteiger partial charge in [-0.25, -0.2) is 0 Å². The van der Waals surface area contributed by atoms with Gasteiger partial charge in [-0.05, 0) is 50.9 Å². The van der Waals surface area contributed by atoms with Crippen LogP contribution in [0.4, 0.5) is 0 Å². The number of furan rings is 1. The molecule has 1 saturated carbocycles. The molecule has 4 nitrogen and oxygen atoms in total. The zero-order chi connectivity index (χ0) is 12.9. The molecule has 1 aromatic rings. The van der Waals surface area contributed by atoms with E-state index in [2.05, 4.69) is 16.3 Å². The number of ether oxygens (including phenoxy) is 1. The molecule has 1 saturated heterocycles. The molecule has 1 aliphatic heterocycles. The molecule has 106 valence electrons. The van der Waals surface area contributed by atoms with Gasteiger partial charge in [0.05, 0.1) is 25.5 Å². The highest BCUT2D eigenvalue weighted by atomic mass is 16.5. The summed E-state index contributed by atoms with van der Waals surface area (Å²) in [6, 6.07) is 4.77. The predicted molar refractivity (Wildman–Crippen MR) is 74.0 cm³/mol. The van der Waals surface area contributed by atoms with Gasteiger partial charge in [-0.1, -0.05) is 0 Å². The highest BCUT2D eigenvalue weighted by molar-refractivity contribution is 4.99. The summed E-state index contributed by atoms with van der Waals surface area (Å²) in [5.74, 6) is 1.06. The first kappa shape index (κ1) is 13.2. The van der Waals surface area contributed by atoms with Crippen LogP contribution >= 0.6 is 0 Å². The second kappa shape index (κ2) is 6.55. The van der Waals surface area contributed by atoms with Gasteiger partial charge in [-0.15, -0.1) is 0 Å². The second-order valence-electron chi connectivity index (χ2n) is 5.60. The number of hydrogen-bond acceptors (Lipinski definition) is 4. The van der Waals surface area contributed by atoms with Crippen LogP contribution in [0.2, 0.25) is 0 Å². The Hall–Kier alpha value is -0.840. The zero-order valence-electron chi connectivity index (χ0n) is 11.5. The summed E-state index contributed by atoms with van der Waals surface area (Å²) in [6.45, 7) is 5.00. The van der Waals surface area contributed by atoms with Gasteiger partial charge in [-0.3, -0.25) is 4.90 Å². The van der Waals surface area contributed by atoms with Crippen LogP contribution in [0.3, 0.4) is 0 Å². The topological polar surface area (TPSA) is 37.6 Å². The molecular formula is C15H24N2O2. The first-order valence-corrected chi connectivity index (χ1v) is 7.50. The first-order chi connectivity index (χ1) is 9.42. The van der Waals surface area contributed by atoms with Crippen LogP contribution in [-0.4, -0.2) is 43.3 Å². The third-order valence-electron chi connectivity index (χ3n) is 4.02. The van der Waals surface area contributed by atoms with Gasteiger partial charge in [-0.2, -0.15) is 0 Å². The largest absolute Gasteiger partial charge is 0.468 e. The van der Waals surface area contributed by atoms with Gasteiger partial charge in [0.15, 0.2) is 0 Å². The Balaban J connectivity index is 1.40. The van der Waals surface area contributed by atoms with Crippen molar-refractivity contribution in [3.8, 4) is 0 Å². The highest BCUT2D eigenvalue weighted by Crippen LogP contribution is 2.28. The molecule has 2 heterocycles. The smallest absolute Gasteiger partial charge is 0.117 e. The van der Waals surface area contributed by atoms with Gasteiger partial charge in [0.25, 0.3) is 0 Å². The molecule has 0 aromatic carbocycles. The zero-order valence-corrected chi connectivity index (χ0v) is 11.5. The quantitative estimate of drug-likeness (QED) is 0.817. The summed E-state index contributed by atoms with van der Waals surface area (Å²) in [4.78, 5) is 2.50. The molecule has 0 bridgehead atoms. The van der Waals surface area contributed by atoms with Crippen molar-refractivity contribution in [3.05, 3.63) is 24.2 Å². The fraction of sp³-hybridized carbons (Fsp3) is 0.733. The summed E-state index contributed by atoms with van der Waals surface area (Å²) in [5.41, 5.74) is 0. The third kappa shape index (κ3) is 4.06. The maximum absolute atomic E-state index is 6.00. The van der Waals surface area contributed by atoms with E-state index in [4.69, 9.17) is 9.15 Å². The van der Waals surface area contributed by atoms with Gasteiger partial charge in [0, 0.05) is 12.6 Å². The lowest BCUT2D eigenvalue weighted by Crippen LogP contribution is -2.35. The molecule has 1 N–H and O–H groups in total. The van der Waals surface area contributed by atoms with Crippen LogP contribution in [0.1, 0.15) is 31.4 Å². The molecule has 2 aliphatic rings. The Morgan fingerprint density at radius 2 is 2.11 bits per heavy atom. The average Bonchev–Trinajstić information content (AvgIpc) is 3.17. The summed E-state index contributed by atoms with van der Waals surface area (Å²) >= 11 is 0. The Morgan fingerprint density at radius 3 is 2.79 bits per heavy atom. The van der Waals surface area contributed by atoms with E-state index in [9.17, 15) is 0 Å². The Bertz CT molecular complexity index is 356. The van der Waals surface area contributed by atoms with E-state index in [0.717, 1.165) is 57.4 Å². The second-order valence-corrected chi connectivity index (χ2v) is 5.60. The minimum absolute atomic E-state index is 0.464. The Labute approximate surface area is 115 Å². The van der Waals surface area contributed by atoms with Crippen LogP contribution in [0, 0.1) is 0 Å². The van der Waals surface area contributed by atoms with Gasteiger partial charge >= 0.3 is 0 Å². The van der Waals surface area contributed by atoms with Crippen LogP contribution in [0.15, 0.2) is 22.8 Å². The van der Waals surface area contributed by atoms with E-state index in [1.54, 1.807) is 6.26 Å². The van der Waals surface area contributed by atoms with Crippen LogP contribution in [-0.2, 0) is 11.3 Å². The Kier molecular flexibility index (Phi) is 4.53. The summed E-state index contributed by atoms with van der Waals surface area (Å²) < 4.78 is 11.4. The summed E-state index contributed by atoms with van der Waals surface area (Å²) in [7, 11) is 0. The molecule has 0 amide bonds. The van der Waals surface area contributed by atoms with Crippen LogP contribution in [0.25, 0.3) is 0 Å². The molecule has 1 aromatic heterocycles. The van der Waals surface area contributed by atoms with Gasteiger partial charge in [0.2, 0.25) is 0 Å². The molecule has 2 fully saturated rings. The third-order valence-corrected chi connectivity index (χ3v) is 4.02. The maximum Gasteiger partial charge on any atom is 0.117 e. The van der Waals surface area contributed by atoms with E-state index in [-0.39, 0.29) is 0 Å². The molecule has 19 heavy (non-hydrogen) atoms. The molecule has 0 unspecified atom stereocenters. The minimum atomic E-state index is 0.464. The lowest BCUT2D eigenvalue weighted by Gasteiger charge is -2.25. The van der Waals surface area contributed by atoms with E-state index < -0.39 is 0 Å². The van der Waals surface area contributed by atoms with Gasteiger partial charge in [0.1, 0.15) is 5.76 Å². The van der Waals surface area contributed by atoms with Crippen LogP contribution in [0.5, 0.6) is 0 Å². The molecular weight excluding hydrogens is 240 g/mol. The Morgan fingerprint density at radius 1 is 1.26 bits per heavy atom. The molecule has 3 rings (SSSR count). The van der Waals surface area contributed by atoms with E-state index in [1.807, 2.05) is 6.07 Å². The summed E-state index contributed by atoms with van der Waals surface area (Å²) in [5, 5.41) is 3.37. The van der Waals surface area contributed by atoms with Crippen molar-refractivity contribution in [2.24, 2.45) is 0 Å². The van der Waals surface area contributed by atoms with Crippen molar-refractivity contribution in [1.82, 2.24) is 10.2 Å². The summed E-state index contributed by atoms with van der Waals surface area (Å²) in [6.07, 6.45) is 7.18. The van der Waals surface area contributed by atoms with E-state index in [1.165, 1.54) is 12.8 Å². The van der Waals surface area contributed by atoms with E-state index >= 15 is 0 Å². The van der Waals surface area contributed by atoms with Crippen molar-refractivity contribution in [2.45, 2.75) is 44.4 Å². The van der Waals surface area contributed by atoms with Crippen molar-refractivity contribution in [2.75, 3.05) is 26.2 Å². The van der Waals surface area contributed by atoms with Crippen molar-refractivity contribution in [3.63, 3.8) is 0 Å². The first-order valence-electron chi connectivity index (χ1n) is 7.50. The number of nitrogens with one attached hydrogen (secondary N) is 1. The number of piperidine rings is 1. The predicted octanol–water partition coefficient (Wildman–Crippen LogP) is 2.01. The normalized spacial score (nSPS) is 21.1. The fourth-order valence-electron chi connectivity index (χ4n) is 2.73. The molecule has 1 aliphatic carbocycles. The lowest BCUT2D eigenvalue weighted by atomic mass is 10.1. The minimum Gasteiger partial charge on any atom is -0.468 e. The highest BCUT2D eigenvalue weighted by Gasteiger charge is 2.29. The monoisotopic (exact) mass is 264 g/mol. The average molecular weight is 264 g/mol. The number of rotatable bonds is 7. The van der Waals surface area contributed by atoms with Crippen molar-refractivity contribution < 1.29 is 9.15 Å². The van der Waals surface area contributed by atoms with Crippen molar-refractivity contribution >= 4 is 0 Å². The molecule has 0 radical (unpaired) electrons. The maximum atomic E-state index is 6.00. The SMILES string of the molecule is c1coc(CN(CCOC2CCNCC2)C2CC2)c1. The van der Waals surface area contributed by atoms with Crippen molar-refractivity contribution in [1.29, 1.82) is 0 Å². The van der Waals surface area contributed by atoms with Gasteiger partial charge < -0.3 is 14.5 Å². The molecule has 0 atom stereocenters. The number of nitrogens with zero attached hydrogens (tertiary/aromatic N) is 1. The van der Waals surface area contributed by atoms with Crippen LogP contribution < -0.4 is 5.32 Å². The fourth-order valence-corrected chi connectivity index (χ4v) is 2.73. The standard InChI is InChI=1S/C15H24N2O2/c1-2-15(18-10-1)12-17(13-3-4-13)9-11-19-14-5-7-16-8-6-14/h1-2,10,13-14,16H,3-9,11-12H2. The van der Waals surface area contributed by atoms with E-state index in [0.29, 0.717) is 6.10 Å². The molecule has 4 heteroatoms. The molecule has 0 spiro atoms.